The van der Waals surface area contributed by atoms with Gasteiger partial charge >= 0.3 is 0 Å². The molecule has 4 nitrogen and oxygen atoms in total. The predicted molar refractivity (Wildman–Crippen MR) is 53.8 cm³/mol. The lowest BCUT2D eigenvalue weighted by molar-refractivity contribution is 0.129. The van der Waals surface area contributed by atoms with Gasteiger partial charge in [-0.2, -0.15) is 5.10 Å². The molecule has 0 radical (unpaired) electrons. The lowest BCUT2D eigenvalue weighted by Gasteiger charge is -2.17. The van der Waals surface area contributed by atoms with E-state index in [4.69, 9.17) is 5.73 Å². The van der Waals surface area contributed by atoms with Crippen LogP contribution >= 0.6 is 0 Å². The molecule has 0 aromatic carbocycles. The van der Waals surface area contributed by atoms with Gasteiger partial charge in [0.2, 0.25) is 0 Å². The van der Waals surface area contributed by atoms with Crippen LogP contribution in [0.4, 0.5) is 0 Å². The van der Waals surface area contributed by atoms with Crippen molar-refractivity contribution in [3.05, 3.63) is 17.5 Å². The van der Waals surface area contributed by atoms with Crippen molar-refractivity contribution in [3.8, 4) is 0 Å². The summed E-state index contributed by atoms with van der Waals surface area (Å²) in [6.45, 7) is 2.54. The second-order valence-corrected chi connectivity index (χ2v) is 3.97. The second kappa shape index (κ2) is 3.71. The maximum absolute atomic E-state index is 9.76. The Labute approximate surface area is 83.7 Å². The highest BCUT2D eigenvalue weighted by molar-refractivity contribution is 5.16. The molecule has 3 N–H and O–H groups in total. The van der Waals surface area contributed by atoms with Crippen LogP contribution in [0, 0.1) is 6.92 Å². The van der Waals surface area contributed by atoms with E-state index in [1.165, 1.54) is 0 Å². The van der Waals surface area contributed by atoms with Crippen LogP contribution in [0.5, 0.6) is 0 Å². The van der Waals surface area contributed by atoms with Gasteiger partial charge < -0.3 is 10.8 Å². The summed E-state index contributed by atoms with van der Waals surface area (Å²) in [5.41, 5.74) is 7.75. The van der Waals surface area contributed by atoms with Crippen LogP contribution < -0.4 is 5.73 Å². The molecule has 0 bridgehead atoms. The molecular weight excluding hydrogens is 178 g/mol. The Hall–Kier alpha value is -0.870. The molecule has 2 unspecified atom stereocenters. The Kier molecular flexibility index (Phi) is 2.56. The minimum atomic E-state index is -0.237. The lowest BCUT2D eigenvalue weighted by atomic mass is 10.2. The van der Waals surface area contributed by atoms with Crippen LogP contribution in [0.15, 0.2) is 6.20 Å². The average Bonchev–Trinajstić information content (AvgIpc) is 2.72. The summed E-state index contributed by atoms with van der Waals surface area (Å²) in [6.07, 6.45) is 4.57. The molecule has 14 heavy (non-hydrogen) atoms. The van der Waals surface area contributed by atoms with Crippen LogP contribution in [-0.2, 0) is 6.54 Å². The molecule has 1 saturated carbocycles. The molecule has 2 rings (SSSR count). The third-order valence-electron chi connectivity index (χ3n) is 3.12. The number of aromatic nitrogens is 2. The van der Waals surface area contributed by atoms with E-state index < -0.39 is 0 Å². The van der Waals surface area contributed by atoms with Gasteiger partial charge in [-0.15, -0.1) is 0 Å². The van der Waals surface area contributed by atoms with E-state index in [0.29, 0.717) is 6.54 Å². The Morgan fingerprint density at radius 3 is 2.93 bits per heavy atom. The van der Waals surface area contributed by atoms with Crippen LogP contribution in [0.1, 0.15) is 36.6 Å². The van der Waals surface area contributed by atoms with E-state index in [-0.39, 0.29) is 12.1 Å². The summed E-state index contributed by atoms with van der Waals surface area (Å²) in [7, 11) is 0. The molecule has 1 heterocycles. The van der Waals surface area contributed by atoms with Gasteiger partial charge in [-0.1, -0.05) is 0 Å². The highest BCUT2D eigenvalue weighted by Gasteiger charge is 2.28. The SMILES string of the molecule is Cc1c(CN)cnn1C1CCCC1O. The molecule has 0 saturated heterocycles. The number of nitrogens with zero attached hydrogens (tertiary/aromatic N) is 2. The zero-order valence-corrected chi connectivity index (χ0v) is 8.48. The molecule has 1 aliphatic carbocycles. The standard InChI is InChI=1S/C10H17N3O/c1-7-8(5-11)6-12-13(7)9-3-2-4-10(9)14/h6,9-10,14H,2-5,11H2,1H3. The Morgan fingerprint density at radius 2 is 2.43 bits per heavy atom. The fraction of sp³-hybridized carbons (Fsp3) is 0.700. The van der Waals surface area contributed by atoms with Crippen molar-refractivity contribution in [3.63, 3.8) is 0 Å². The Morgan fingerprint density at radius 1 is 1.64 bits per heavy atom. The lowest BCUT2D eigenvalue weighted by Crippen LogP contribution is -2.20. The van der Waals surface area contributed by atoms with Crippen molar-refractivity contribution in [1.82, 2.24) is 9.78 Å². The van der Waals surface area contributed by atoms with E-state index in [9.17, 15) is 5.11 Å². The molecule has 0 spiro atoms. The number of nitrogens with two attached hydrogens (primary N) is 1. The van der Waals surface area contributed by atoms with E-state index in [1.54, 1.807) is 6.20 Å². The summed E-state index contributed by atoms with van der Waals surface area (Å²) in [4.78, 5) is 0. The highest BCUT2D eigenvalue weighted by atomic mass is 16.3. The van der Waals surface area contributed by atoms with Gasteiger partial charge in [0.15, 0.2) is 0 Å². The zero-order chi connectivity index (χ0) is 10.1. The second-order valence-electron chi connectivity index (χ2n) is 3.97. The first kappa shape index (κ1) is 9.68. The van der Waals surface area contributed by atoms with Crippen molar-refractivity contribution in [2.45, 2.75) is 44.9 Å². The molecule has 1 aromatic heterocycles. The summed E-state index contributed by atoms with van der Waals surface area (Å²) in [5, 5.41) is 14.1. The van der Waals surface area contributed by atoms with Gasteiger partial charge in [-0.25, -0.2) is 0 Å². The zero-order valence-electron chi connectivity index (χ0n) is 8.48. The number of aliphatic hydroxyl groups excluding tert-OH is 1. The van der Waals surface area contributed by atoms with Crippen molar-refractivity contribution >= 4 is 0 Å². The van der Waals surface area contributed by atoms with E-state index in [0.717, 1.165) is 30.5 Å². The Bertz CT molecular complexity index is 321. The summed E-state index contributed by atoms with van der Waals surface area (Å²) >= 11 is 0. The molecule has 78 valence electrons. The summed E-state index contributed by atoms with van der Waals surface area (Å²) < 4.78 is 1.93. The highest BCUT2D eigenvalue weighted by Crippen LogP contribution is 2.30. The van der Waals surface area contributed by atoms with Gasteiger partial charge in [0, 0.05) is 17.8 Å². The molecule has 2 atom stereocenters. The fourth-order valence-corrected chi connectivity index (χ4v) is 2.20. The van der Waals surface area contributed by atoms with Crippen molar-refractivity contribution in [2.24, 2.45) is 5.73 Å². The van der Waals surface area contributed by atoms with Crippen LogP contribution in [0.3, 0.4) is 0 Å². The number of rotatable bonds is 2. The van der Waals surface area contributed by atoms with E-state index in [2.05, 4.69) is 5.10 Å². The van der Waals surface area contributed by atoms with Gasteiger partial charge in [0.1, 0.15) is 0 Å². The summed E-state index contributed by atoms with van der Waals surface area (Å²) in [6, 6.07) is 0.162. The molecule has 1 aromatic rings. The monoisotopic (exact) mass is 195 g/mol. The third kappa shape index (κ3) is 1.44. The third-order valence-corrected chi connectivity index (χ3v) is 3.12. The predicted octanol–water partition coefficient (Wildman–Crippen LogP) is 0.736. The molecule has 0 aliphatic heterocycles. The number of hydrogen-bond acceptors (Lipinski definition) is 3. The first-order valence-corrected chi connectivity index (χ1v) is 5.15. The minimum absolute atomic E-state index is 0.162. The van der Waals surface area contributed by atoms with Crippen LogP contribution in [0.2, 0.25) is 0 Å². The van der Waals surface area contributed by atoms with Crippen LogP contribution in [-0.4, -0.2) is 21.0 Å². The Balaban J connectivity index is 2.27. The minimum Gasteiger partial charge on any atom is -0.391 e. The van der Waals surface area contributed by atoms with Gasteiger partial charge in [0.05, 0.1) is 18.3 Å². The topological polar surface area (TPSA) is 64.1 Å². The smallest absolute Gasteiger partial charge is 0.0781 e. The quantitative estimate of drug-likeness (QED) is 0.731. The molecule has 1 fully saturated rings. The van der Waals surface area contributed by atoms with E-state index >= 15 is 0 Å². The molecule has 1 aliphatic rings. The van der Waals surface area contributed by atoms with Gasteiger partial charge in [0.25, 0.3) is 0 Å². The van der Waals surface area contributed by atoms with Crippen molar-refractivity contribution in [2.75, 3.05) is 0 Å². The van der Waals surface area contributed by atoms with Crippen molar-refractivity contribution < 1.29 is 5.11 Å². The normalized spacial score (nSPS) is 27.1. The first-order chi connectivity index (χ1) is 6.74. The average molecular weight is 195 g/mol. The maximum Gasteiger partial charge on any atom is 0.0781 e. The van der Waals surface area contributed by atoms with Crippen LogP contribution in [0.25, 0.3) is 0 Å². The maximum atomic E-state index is 9.76. The number of aliphatic hydroxyl groups is 1. The van der Waals surface area contributed by atoms with Gasteiger partial charge in [-0.05, 0) is 26.2 Å². The molecule has 4 heteroatoms. The first-order valence-electron chi connectivity index (χ1n) is 5.15. The van der Waals surface area contributed by atoms with E-state index in [1.807, 2.05) is 11.6 Å². The van der Waals surface area contributed by atoms with Crippen molar-refractivity contribution in [1.29, 1.82) is 0 Å². The molecular formula is C10H17N3O. The fourth-order valence-electron chi connectivity index (χ4n) is 2.20. The number of hydrogen-bond donors (Lipinski definition) is 2. The van der Waals surface area contributed by atoms with Gasteiger partial charge in [-0.3, -0.25) is 4.68 Å². The molecule has 0 amide bonds. The largest absolute Gasteiger partial charge is 0.391 e. The summed E-state index contributed by atoms with van der Waals surface area (Å²) in [5.74, 6) is 0.